The van der Waals surface area contributed by atoms with Crippen molar-refractivity contribution in [3.8, 4) is 0 Å². The zero-order valence-corrected chi connectivity index (χ0v) is 12.5. The van der Waals surface area contributed by atoms with E-state index in [9.17, 15) is 13.2 Å². The van der Waals surface area contributed by atoms with Crippen molar-refractivity contribution >= 4 is 27.4 Å². The second-order valence-electron chi connectivity index (χ2n) is 4.13. The molecule has 0 radical (unpaired) electrons. The van der Waals surface area contributed by atoms with E-state index in [1.54, 1.807) is 38.1 Å². The van der Waals surface area contributed by atoms with Gasteiger partial charge in [0.2, 0.25) is 10.0 Å². The van der Waals surface area contributed by atoms with E-state index in [1.807, 2.05) is 0 Å². The zero-order chi connectivity index (χ0) is 15.2. The number of benzene rings is 1. The fourth-order valence-electron chi connectivity index (χ4n) is 1.74. The number of sulfonamides is 1. The summed E-state index contributed by atoms with van der Waals surface area (Å²) in [6.07, 6.45) is -0.151. The molecule has 1 aromatic rings. The molecule has 0 aliphatic heterocycles. The average Bonchev–Trinajstić information content (AvgIpc) is 2.40. The fourth-order valence-corrected chi connectivity index (χ4v) is 3.22. The molecule has 0 amide bonds. The van der Waals surface area contributed by atoms with E-state index in [0.717, 1.165) is 0 Å². The van der Waals surface area contributed by atoms with Crippen LogP contribution in [0.25, 0.3) is 0 Å². The van der Waals surface area contributed by atoms with E-state index in [-0.39, 0.29) is 25.3 Å². The van der Waals surface area contributed by atoms with Gasteiger partial charge in [0.05, 0.1) is 24.5 Å². The van der Waals surface area contributed by atoms with Gasteiger partial charge < -0.3 is 10.5 Å². The number of hydrogen-bond acceptors (Lipinski definition) is 5. The van der Waals surface area contributed by atoms with Crippen LogP contribution in [0.5, 0.6) is 0 Å². The Hall–Kier alpha value is -1.76. The van der Waals surface area contributed by atoms with Crippen LogP contribution in [0.1, 0.15) is 20.3 Å². The van der Waals surface area contributed by atoms with E-state index in [4.69, 9.17) is 10.5 Å². The molecule has 0 bridgehead atoms. The molecule has 0 heterocycles. The van der Waals surface area contributed by atoms with Gasteiger partial charge in [0.15, 0.2) is 0 Å². The maximum Gasteiger partial charge on any atom is 0.306 e. The van der Waals surface area contributed by atoms with Crippen molar-refractivity contribution in [3.05, 3.63) is 24.3 Å². The first kappa shape index (κ1) is 16.3. The summed E-state index contributed by atoms with van der Waals surface area (Å²) in [6.45, 7) is 3.95. The minimum Gasteiger partial charge on any atom is -0.466 e. The Kier molecular flexibility index (Phi) is 5.82. The van der Waals surface area contributed by atoms with Crippen molar-refractivity contribution in [1.29, 1.82) is 0 Å². The molecule has 112 valence electrons. The number of ether oxygens (including phenoxy) is 1. The van der Waals surface area contributed by atoms with E-state index < -0.39 is 16.0 Å². The molecule has 0 atom stereocenters. The minimum absolute atomic E-state index is 0.151. The number of hydrogen-bond donors (Lipinski definition) is 1. The summed E-state index contributed by atoms with van der Waals surface area (Å²) in [7, 11) is -3.56. The van der Waals surface area contributed by atoms with Crippen LogP contribution in [-0.2, 0) is 19.6 Å². The van der Waals surface area contributed by atoms with Crippen LogP contribution in [0, 0.1) is 0 Å². The molecular weight excluding hydrogens is 280 g/mol. The summed E-state index contributed by atoms with van der Waals surface area (Å²) in [5.74, 6) is -0.784. The third kappa shape index (κ3) is 4.41. The van der Waals surface area contributed by atoms with Gasteiger partial charge in [-0.05, 0) is 38.1 Å². The molecule has 20 heavy (non-hydrogen) atoms. The Labute approximate surface area is 119 Å². The molecule has 0 aliphatic carbocycles. The van der Waals surface area contributed by atoms with Gasteiger partial charge in [-0.1, -0.05) is 0 Å². The third-order valence-electron chi connectivity index (χ3n) is 2.67. The average molecular weight is 300 g/mol. The highest BCUT2D eigenvalue weighted by Gasteiger charge is 2.22. The summed E-state index contributed by atoms with van der Waals surface area (Å²) in [5.41, 5.74) is 6.68. The maximum atomic E-state index is 12.2. The van der Waals surface area contributed by atoms with E-state index in [1.165, 1.54) is 4.31 Å². The van der Waals surface area contributed by atoms with Crippen LogP contribution < -0.4 is 10.0 Å². The van der Waals surface area contributed by atoms with Gasteiger partial charge in [0.25, 0.3) is 0 Å². The number of anilines is 2. The molecule has 1 aromatic carbocycles. The summed E-state index contributed by atoms with van der Waals surface area (Å²) < 4.78 is 30.5. The Morgan fingerprint density at radius 3 is 2.35 bits per heavy atom. The van der Waals surface area contributed by atoms with Crippen LogP contribution in [-0.4, -0.2) is 33.3 Å². The first-order chi connectivity index (χ1) is 9.40. The van der Waals surface area contributed by atoms with Crippen LogP contribution >= 0.6 is 0 Å². The Bertz CT molecular complexity index is 540. The molecule has 0 saturated carbocycles. The number of rotatable bonds is 7. The quantitative estimate of drug-likeness (QED) is 0.607. The van der Waals surface area contributed by atoms with Gasteiger partial charge in [-0.3, -0.25) is 9.10 Å². The van der Waals surface area contributed by atoms with Gasteiger partial charge in [0, 0.05) is 12.2 Å². The lowest BCUT2D eigenvalue weighted by atomic mass is 10.3. The smallest absolute Gasteiger partial charge is 0.306 e. The molecule has 0 saturated heterocycles. The predicted molar refractivity (Wildman–Crippen MR) is 78.9 cm³/mol. The van der Waals surface area contributed by atoms with Crippen molar-refractivity contribution in [2.24, 2.45) is 0 Å². The first-order valence-electron chi connectivity index (χ1n) is 6.42. The lowest BCUT2D eigenvalue weighted by Crippen LogP contribution is -2.33. The lowest BCUT2D eigenvalue weighted by Gasteiger charge is -2.22. The lowest BCUT2D eigenvalue weighted by molar-refractivity contribution is -0.142. The molecule has 2 N–H and O–H groups in total. The molecule has 0 unspecified atom stereocenters. The van der Waals surface area contributed by atoms with Gasteiger partial charge >= 0.3 is 5.97 Å². The van der Waals surface area contributed by atoms with Gasteiger partial charge in [-0.2, -0.15) is 0 Å². The fraction of sp³-hybridized carbons (Fsp3) is 0.462. The number of nitrogens with zero attached hydrogens (tertiary/aromatic N) is 1. The van der Waals surface area contributed by atoms with Crippen molar-refractivity contribution in [1.82, 2.24) is 0 Å². The Morgan fingerprint density at radius 1 is 1.25 bits per heavy atom. The van der Waals surface area contributed by atoms with E-state index >= 15 is 0 Å². The van der Waals surface area contributed by atoms with Gasteiger partial charge in [-0.15, -0.1) is 0 Å². The van der Waals surface area contributed by atoms with Gasteiger partial charge in [0.1, 0.15) is 0 Å². The van der Waals surface area contributed by atoms with Crippen LogP contribution in [0.3, 0.4) is 0 Å². The molecule has 6 nitrogen and oxygen atoms in total. The van der Waals surface area contributed by atoms with E-state index in [0.29, 0.717) is 11.4 Å². The third-order valence-corrected chi connectivity index (χ3v) is 4.53. The second kappa shape index (κ2) is 7.14. The highest BCUT2D eigenvalue weighted by Crippen LogP contribution is 2.20. The molecular formula is C13H20N2O4S. The SMILES string of the molecule is CCOC(=O)CCS(=O)(=O)N(CC)c1ccc(N)cc1. The summed E-state index contributed by atoms with van der Waals surface area (Å²) in [5, 5.41) is 0. The molecule has 0 aliphatic rings. The minimum atomic E-state index is -3.56. The first-order valence-corrected chi connectivity index (χ1v) is 8.03. The zero-order valence-electron chi connectivity index (χ0n) is 11.7. The Morgan fingerprint density at radius 2 is 1.85 bits per heavy atom. The molecule has 0 aromatic heterocycles. The van der Waals surface area contributed by atoms with E-state index in [2.05, 4.69) is 0 Å². The maximum absolute atomic E-state index is 12.2. The monoisotopic (exact) mass is 300 g/mol. The molecule has 1 rings (SSSR count). The Balaban J connectivity index is 2.82. The van der Waals surface area contributed by atoms with Crippen LogP contribution in [0.4, 0.5) is 11.4 Å². The highest BCUT2D eigenvalue weighted by atomic mass is 32.2. The van der Waals surface area contributed by atoms with Crippen LogP contribution in [0.2, 0.25) is 0 Å². The number of carbonyl (C=O) groups is 1. The van der Waals surface area contributed by atoms with Crippen molar-refractivity contribution < 1.29 is 17.9 Å². The van der Waals surface area contributed by atoms with Crippen molar-refractivity contribution in [2.75, 3.05) is 28.9 Å². The standard InChI is InChI=1S/C13H20N2O4S/c1-3-15(12-7-5-11(14)6-8-12)20(17,18)10-9-13(16)19-4-2/h5-8H,3-4,9-10,14H2,1-2H3. The van der Waals surface area contributed by atoms with Crippen LogP contribution in [0.15, 0.2) is 24.3 Å². The summed E-state index contributed by atoms with van der Waals surface area (Å²) in [6, 6.07) is 6.55. The number of esters is 1. The number of nitrogens with two attached hydrogens (primary N) is 1. The topological polar surface area (TPSA) is 89.7 Å². The molecule has 7 heteroatoms. The van der Waals surface area contributed by atoms with Gasteiger partial charge in [-0.25, -0.2) is 8.42 Å². The molecule has 0 spiro atoms. The number of nitrogen functional groups attached to an aromatic ring is 1. The van der Waals surface area contributed by atoms with Crippen molar-refractivity contribution in [2.45, 2.75) is 20.3 Å². The second-order valence-corrected chi connectivity index (χ2v) is 6.14. The number of carbonyl (C=O) groups excluding carboxylic acids is 1. The van der Waals surface area contributed by atoms with Crippen molar-refractivity contribution in [3.63, 3.8) is 0 Å². The summed E-state index contributed by atoms with van der Waals surface area (Å²) in [4.78, 5) is 11.3. The summed E-state index contributed by atoms with van der Waals surface area (Å²) >= 11 is 0. The normalized spacial score (nSPS) is 11.1. The molecule has 0 fully saturated rings. The predicted octanol–water partition coefficient (Wildman–Crippen LogP) is 1.38. The highest BCUT2D eigenvalue weighted by molar-refractivity contribution is 7.92. The largest absolute Gasteiger partial charge is 0.466 e.